The van der Waals surface area contributed by atoms with Gasteiger partial charge >= 0.3 is 0 Å². The minimum atomic E-state index is 1.09. The Morgan fingerprint density at radius 3 is 1.32 bits per heavy atom. The second kappa shape index (κ2) is 14.0. The fraction of sp³-hybridized carbons (Fsp3) is 0. The summed E-state index contributed by atoms with van der Waals surface area (Å²) >= 11 is 3.77. The van der Waals surface area contributed by atoms with Gasteiger partial charge in [0.05, 0.1) is 17.1 Å². The molecule has 2 nitrogen and oxygen atoms in total. The van der Waals surface area contributed by atoms with E-state index in [1.54, 1.807) is 0 Å². The molecule has 0 N–H and O–H groups in total. The smallest absolute Gasteiger partial charge is 0.0567 e. The van der Waals surface area contributed by atoms with Crippen LogP contribution in [0.4, 0.5) is 34.1 Å². The molecular formula is C58H36N2S2. The highest BCUT2D eigenvalue weighted by Gasteiger charge is 2.24. The van der Waals surface area contributed by atoms with Gasteiger partial charge in [0.15, 0.2) is 0 Å². The van der Waals surface area contributed by atoms with Gasteiger partial charge in [-0.25, -0.2) is 0 Å². The predicted molar refractivity (Wildman–Crippen MR) is 272 cm³/mol. The Bertz CT molecular complexity index is 3890. The Hall–Kier alpha value is -7.50. The highest BCUT2D eigenvalue weighted by molar-refractivity contribution is 7.27. The van der Waals surface area contributed by atoms with E-state index in [-0.39, 0.29) is 0 Å². The second-order valence-corrected chi connectivity index (χ2v) is 18.1. The van der Waals surface area contributed by atoms with Gasteiger partial charge in [-0.05, 0) is 76.8 Å². The lowest BCUT2D eigenvalue weighted by atomic mass is 9.96. The summed E-state index contributed by atoms with van der Waals surface area (Å²) < 4.78 is 5.27. The maximum atomic E-state index is 2.51. The van der Waals surface area contributed by atoms with E-state index >= 15 is 0 Å². The van der Waals surface area contributed by atoms with E-state index in [4.69, 9.17) is 0 Å². The van der Waals surface area contributed by atoms with Gasteiger partial charge in [-0.1, -0.05) is 158 Å². The van der Waals surface area contributed by atoms with Crippen molar-refractivity contribution in [3.8, 4) is 0 Å². The third-order valence-corrected chi connectivity index (χ3v) is 15.0. The van der Waals surface area contributed by atoms with Crippen molar-refractivity contribution in [3.05, 3.63) is 218 Å². The van der Waals surface area contributed by atoms with Crippen LogP contribution in [0.25, 0.3) is 83.4 Å². The third-order valence-electron chi connectivity index (χ3n) is 12.6. The Kier molecular flexibility index (Phi) is 7.99. The molecule has 2 heterocycles. The van der Waals surface area contributed by atoms with Crippen molar-refractivity contribution in [1.29, 1.82) is 0 Å². The highest BCUT2D eigenvalue weighted by Crippen LogP contribution is 2.50. The van der Waals surface area contributed by atoms with Gasteiger partial charge in [-0.2, -0.15) is 0 Å². The summed E-state index contributed by atoms with van der Waals surface area (Å²) in [6.07, 6.45) is 0. The molecule has 13 rings (SSSR count). The van der Waals surface area contributed by atoms with Crippen LogP contribution in [0, 0.1) is 0 Å². The molecule has 0 saturated heterocycles. The zero-order valence-electron chi connectivity index (χ0n) is 33.5. The SMILES string of the molecule is c1ccc(N(c2cc(N(c3ccccc3)c3cccc4c3ccc3c5ccccc5sc43)c3c(ccc4ccccc43)c2)c2cccc3c2ccc2c4ccccc4sc32)cc1. The first kappa shape index (κ1) is 35.3. The van der Waals surface area contributed by atoms with Gasteiger partial charge in [0.1, 0.15) is 0 Å². The number of rotatable bonds is 6. The number of nitrogens with zero attached hydrogens (tertiary/aromatic N) is 2. The van der Waals surface area contributed by atoms with Gasteiger partial charge in [0.2, 0.25) is 0 Å². The first-order chi connectivity index (χ1) is 30.8. The quantitative estimate of drug-likeness (QED) is 0.154. The molecule has 0 aliphatic heterocycles. The molecule has 0 bridgehead atoms. The minimum Gasteiger partial charge on any atom is -0.310 e. The summed E-state index contributed by atoms with van der Waals surface area (Å²) in [5.74, 6) is 0. The third kappa shape index (κ3) is 5.41. The summed E-state index contributed by atoms with van der Waals surface area (Å²) in [5, 5.41) is 15.0. The molecular weight excluding hydrogens is 789 g/mol. The second-order valence-electron chi connectivity index (χ2n) is 16.0. The maximum Gasteiger partial charge on any atom is 0.0567 e. The van der Waals surface area contributed by atoms with E-state index in [2.05, 4.69) is 228 Å². The van der Waals surface area contributed by atoms with Gasteiger partial charge < -0.3 is 9.80 Å². The molecule has 4 heteroatoms. The summed E-state index contributed by atoms with van der Waals surface area (Å²) in [6.45, 7) is 0. The zero-order valence-corrected chi connectivity index (χ0v) is 35.1. The Morgan fingerprint density at radius 2 is 0.710 bits per heavy atom. The van der Waals surface area contributed by atoms with Crippen molar-refractivity contribution in [2.45, 2.75) is 0 Å². The predicted octanol–water partition coefficient (Wildman–Crippen LogP) is 18.0. The molecule has 0 amide bonds. The summed E-state index contributed by atoms with van der Waals surface area (Å²) in [5.41, 5.74) is 6.70. The van der Waals surface area contributed by atoms with Crippen molar-refractivity contribution in [2.24, 2.45) is 0 Å². The molecule has 11 aromatic carbocycles. The van der Waals surface area contributed by atoms with E-state index in [0.717, 1.165) is 34.1 Å². The Balaban J connectivity index is 1.12. The van der Waals surface area contributed by atoms with Crippen LogP contribution in [0.2, 0.25) is 0 Å². The number of fused-ring (bicyclic) bond motifs is 13. The fourth-order valence-corrected chi connectivity index (χ4v) is 12.3. The van der Waals surface area contributed by atoms with E-state index in [1.807, 2.05) is 22.7 Å². The largest absolute Gasteiger partial charge is 0.310 e. The van der Waals surface area contributed by atoms with Crippen LogP contribution in [0.1, 0.15) is 0 Å². The number of thiophene rings is 2. The molecule has 0 radical (unpaired) electrons. The number of hydrogen-bond donors (Lipinski definition) is 0. The van der Waals surface area contributed by atoms with Crippen LogP contribution in [0.5, 0.6) is 0 Å². The van der Waals surface area contributed by atoms with Crippen LogP contribution < -0.4 is 9.80 Å². The van der Waals surface area contributed by atoms with E-state index < -0.39 is 0 Å². The van der Waals surface area contributed by atoms with E-state index in [9.17, 15) is 0 Å². The summed E-state index contributed by atoms with van der Waals surface area (Å²) in [7, 11) is 0. The maximum absolute atomic E-state index is 2.51. The van der Waals surface area contributed by atoms with Crippen LogP contribution in [0.3, 0.4) is 0 Å². The summed E-state index contributed by atoms with van der Waals surface area (Å²) in [6, 6.07) is 80.6. The molecule has 0 spiro atoms. The van der Waals surface area contributed by atoms with Gasteiger partial charge in [-0.3, -0.25) is 0 Å². The molecule has 0 atom stereocenters. The number of hydrogen-bond acceptors (Lipinski definition) is 4. The molecule has 2 aromatic heterocycles. The number of para-hydroxylation sites is 2. The van der Waals surface area contributed by atoms with E-state index in [0.29, 0.717) is 0 Å². The van der Waals surface area contributed by atoms with E-state index in [1.165, 1.54) is 83.4 Å². The Labute approximate surface area is 366 Å². The van der Waals surface area contributed by atoms with Crippen molar-refractivity contribution in [2.75, 3.05) is 9.80 Å². The molecule has 0 unspecified atom stereocenters. The van der Waals surface area contributed by atoms with Crippen LogP contribution in [0.15, 0.2) is 218 Å². The lowest BCUT2D eigenvalue weighted by Crippen LogP contribution is -2.14. The average molecular weight is 825 g/mol. The first-order valence-corrected chi connectivity index (χ1v) is 22.7. The van der Waals surface area contributed by atoms with Crippen molar-refractivity contribution in [3.63, 3.8) is 0 Å². The van der Waals surface area contributed by atoms with Crippen molar-refractivity contribution < 1.29 is 0 Å². The zero-order chi connectivity index (χ0) is 40.7. The minimum absolute atomic E-state index is 1.09. The molecule has 290 valence electrons. The number of benzene rings is 11. The summed E-state index contributed by atoms with van der Waals surface area (Å²) in [4.78, 5) is 4.97. The molecule has 0 saturated carbocycles. The molecule has 62 heavy (non-hydrogen) atoms. The van der Waals surface area contributed by atoms with Crippen LogP contribution >= 0.6 is 22.7 Å². The van der Waals surface area contributed by atoms with Gasteiger partial charge in [-0.15, -0.1) is 22.7 Å². The lowest BCUT2D eigenvalue weighted by molar-refractivity contribution is 1.28. The van der Waals surface area contributed by atoms with Crippen molar-refractivity contribution in [1.82, 2.24) is 0 Å². The lowest BCUT2D eigenvalue weighted by Gasteiger charge is -2.32. The van der Waals surface area contributed by atoms with Gasteiger partial charge in [0, 0.05) is 84.3 Å². The molecule has 0 aliphatic rings. The molecule has 13 aromatic rings. The molecule has 0 fully saturated rings. The van der Waals surface area contributed by atoms with Gasteiger partial charge in [0.25, 0.3) is 0 Å². The fourth-order valence-electron chi connectivity index (χ4n) is 9.84. The number of anilines is 6. The highest BCUT2D eigenvalue weighted by atomic mass is 32.1. The Morgan fingerprint density at radius 1 is 0.258 bits per heavy atom. The van der Waals surface area contributed by atoms with Crippen LogP contribution in [-0.4, -0.2) is 0 Å². The normalized spacial score (nSPS) is 11.9. The first-order valence-electron chi connectivity index (χ1n) is 21.1. The average Bonchev–Trinajstić information content (AvgIpc) is 3.92. The standard InChI is InChI=1S/C58H36N2S2/c1-3-16-39(17-4-1)59(51-25-13-23-47-43(51)31-33-49-45-21-9-11-27-54(45)61-57(47)49)41-35-38-30-29-37-15-7-8-20-42(37)56(38)53(36-41)60(40-18-5-2-6-19-40)52-26-14-24-48-44(52)32-34-50-46-22-10-12-28-55(46)62-58(48)50/h1-36H. The van der Waals surface area contributed by atoms with Crippen molar-refractivity contribution >= 4 is 140 Å². The van der Waals surface area contributed by atoms with Crippen LogP contribution in [-0.2, 0) is 0 Å². The topological polar surface area (TPSA) is 6.48 Å². The monoisotopic (exact) mass is 824 g/mol. The molecule has 0 aliphatic carbocycles.